The molecule has 0 unspecified atom stereocenters. The number of carbonyl (C=O) groups excluding carboxylic acids is 1. The molecule has 1 fully saturated rings. The van der Waals surface area contributed by atoms with E-state index in [0.29, 0.717) is 35.8 Å². The first-order valence-electron chi connectivity index (χ1n) is 9.68. The lowest BCUT2D eigenvalue weighted by molar-refractivity contribution is 0.102. The largest absolute Gasteiger partial charge is 0.360 e. The zero-order valence-electron chi connectivity index (χ0n) is 16.6. The molecule has 1 aliphatic rings. The number of aryl methyl sites for hydroxylation is 1. The van der Waals surface area contributed by atoms with E-state index in [0.717, 1.165) is 25.7 Å². The van der Waals surface area contributed by atoms with Gasteiger partial charge in [0.1, 0.15) is 5.56 Å². The Morgan fingerprint density at radius 2 is 1.86 bits per heavy atom. The molecule has 1 N–H and O–H groups in total. The van der Waals surface area contributed by atoms with E-state index < -0.39 is 10.0 Å². The smallest absolute Gasteiger partial charge is 0.261 e. The Morgan fingerprint density at radius 1 is 1.18 bits per heavy atom. The third kappa shape index (κ3) is 4.28. The van der Waals surface area contributed by atoms with Gasteiger partial charge in [0.2, 0.25) is 10.0 Å². The highest BCUT2D eigenvalue weighted by atomic mass is 32.2. The van der Waals surface area contributed by atoms with Crippen molar-refractivity contribution in [2.45, 2.75) is 57.3 Å². The van der Waals surface area contributed by atoms with Crippen LogP contribution in [0, 0.1) is 6.92 Å². The lowest BCUT2D eigenvalue weighted by atomic mass is 10.0. The van der Waals surface area contributed by atoms with Crippen molar-refractivity contribution in [3.8, 4) is 0 Å². The summed E-state index contributed by atoms with van der Waals surface area (Å²) in [6, 6.07) is 6.40. The van der Waals surface area contributed by atoms with E-state index in [1.807, 2.05) is 13.8 Å². The number of benzene rings is 1. The lowest BCUT2D eigenvalue weighted by Crippen LogP contribution is -2.32. The van der Waals surface area contributed by atoms with Gasteiger partial charge in [-0.25, -0.2) is 8.42 Å². The molecule has 0 radical (unpaired) electrons. The van der Waals surface area contributed by atoms with Crippen LogP contribution >= 0.6 is 0 Å². The van der Waals surface area contributed by atoms with Gasteiger partial charge in [0.15, 0.2) is 5.76 Å². The molecule has 0 bridgehead atoms. The van der Waals surface area contributed by atoms with Crippen LogP contribution in [-0.2, 0) is 10.0 Å². The molecule has 28 heavy (non-hydrogen) atoms. The molecule has 0 aliphatic carbocycles. The SMILES string of the molecule is Cc1noc(C(C)C)c1C(=O)Nc1cccc(S(=O)(=O)N2CCCCCC2)c1. The Labute approximate surface area is 166 Å². The van der Waals surface area contributed by atoms with E-state index in [9.17, 15) is 13.2 Å². The number of hydrogen-bond donors (Lipinski definition) is 1. The van der Waals surface area contributed by atoms with E-state index in [1.54, 1.807) is 29.4 Å². The Bertz CT molecular complexity index is 942. The monoisotopic (exact) mass is 405 g/mol. The summed E-state index contributed by atoms with van der Waals surface area (Å²) in [5.41, 5.74) is 1.33. The Hall–Kier alpha value is -2.19. The molecular formula is C20H27N3O4S. The van der Waals surface area contributed by atoms with Gasteiger partial charge in [-0.15, -0.1) is 0 Å². The molecule has 152 valence electrons. The van der Waals surface area contributed by atoms with Gasteiger partial charge in [-0.1, -0.05) is 37.9 Å². The molecule has 7 nitrogen and oxygen atoms in total. The van der Waals surface area contributed by atoms with Gasteiger partial charge in [0, 0.05) is 24.7 Å². The summed E-state index contributed by atoms with van der Waals surface area (Å²) in [5, 5.41) is 6.68. The van der Waals surface area contributed by atoms with Crippen LogP contribution < -0.4 is 5.32 Å². The number of nitrogens with one attached hydrogen (secondary N) is 1. The normalized spacial score (nSPS) is 16.1. The van der Waals surface area contributed by atoms with Crippen LogP contribution in [0.5, 0.6) is 0 Å². The summed E-state index contributed by atoms with van der Waals surface area (Å²) >= 11 is 0. The molecule has 0 atom stereocenters. The van der Waals surface area contributed by atoms with Crippen molar-refractivity contribution in [1.82, 2.24) is 9.46 Å². The zero-order chi connectivity index (χ0) is 20.3. The lowest BCUT2D eigenvalue weighted by Gasteiger charge is -2.20. The number of sulfonamides is 1. The van der Waals surface area contributed by atoms with Gasteiger partial charge in [-0.2, -0.15) is 4.31 Å². The summed E-state index contributed by atoms with van der Waals surface area (Å²) in [4.78, 5) is 13.0. The Morgan fingerprint density at radius 3 is 2.50 bits per heavy atom. The third-order valence-electron chi connectivity index (χ3n) is 4.94. The number of amides is 1. The maximum Gasteiger partial charge on any atom is 0.261 e. The van der Waals surface area contributed by atoms with Crippen LogP contribution in [0.1, 0.15) is 67.3 Å². The van der Waals surface area contributed by atoms with E-state index in [2.05, 4.69) is 10.5 Å². The summed E-state index contributed by atoms with van der Waals surface area (Å²) in [6.07, 6.45) is 3.86. The third-order valence-corrected chi connectivity index (χ3v) is 6.83. The van der Waals surface area contributed by atoms with Crippen molar-refractivity contribution in [1.29, 1.82) is 0 Å². The first-order chi connectivity index (χ1) is 13.3. The van der Waals surface area contributed by atoms with Gasteiger partial charge in [-0.3, -0.25) is 4.79 Å². The van der Waals surface area contributed by atoms with Crippen molar-refractivity contribution >= 4 is 21.6 Å². The maximum absolute atomic E-state index is 13.0. The molecule has 1 amide bonds. The number of rotatable bonds is 5. The number of hydrogen-bond acceptors (Lipinski definition) is 5. The summed E-state index contributed by atoms with van der Waals surface area (Å²) in [5.74, 6) is 0.173. The van der Waals surface area contributed by atoms with Gasteiger partial charge in [0.25, 0.3) is 5.91 Å². The minimum atomic E-state index is -3.58. The molecule has 0 saturated carbocycles. The molecule has 1 aliphatic heterocycles. The summed E-state index contributed by atoms with van der Waals surface area (Å²) in [6.45, 7) is 6.63. The number of aromatic nitrogens is 1. The Balaban J connectivity index is 1.84. The van der Waals surface area contributed by atoms with Crippen LogP contribution in [0.15, 0.2) is 33.7 Å². The van der Waals surface area contributed by atoms with Crippen LogP contribution in [-0.4, -0.2) is 36.9 Å². The van der Waals surface area contributed by atoms with Crippen molar-refractivity contribution in [3.63, 3.8) is 0 Å². The van der Waals surface area contributed by atoms with Crippen LogP contribution in [0.2, 0.25) is 0 Å². The predicted octanol–water partition coefficient (Wildman–Crippen LogP) is 3.92. The second-order valence-electron chi connectivity index (χ2n) is 7.46. The van der Waals surface area contributed by atoms with Crippen LogP contribution in [0.25, 0.3) is 0 Å². The van der Waals surface area contributed by atoms with Crippen molar-refractivity contribution < 1.29 is 17.7 Å². The fourth-order valence-electron chi connectivity index (χ4n) is 3.42. The van der Waals surface area contributed by atoms with E-state index in [-0.39, 0.29) is 16.7 Å². The molecule has 0 spiro atoms. The molecule has 1 aromatic heterocycles. The average Bonchev–Trinajstić information content (AvgIpc) is 2.86. The molecule has 1 aromatic carbocycles. The molecule has 3 rings (SSSR count). The topological polar surface area (TPSA) is 92.5 Å². The Kier molecular flexibility index (Phi) is 6.20. The van der Waals surface area contributed by atoms with Crippen molar-refractivity contribution in [2.75, 3.05) is 18.4 Å². The average molecular weight is 406 g/mol. The molecule has 2 aromatic rings. The van der Waals surface area contributed by atoms with E-state index in [1.165, 1.54) is 6.07 Å². The van der Waals surface area contributed by atoms with Gasteiger partial charge < -0.3 is 9.84 Å². The molecular weight excluding hydrogens is 378 g/mol. The first kappa shape index (κ1) is 20.5. The predicted molar refractivity (Wildman–Crippen MR) is 107 cm³/mol. The fraction of sp³-hybridized carbons (Fsp3) is 0.500. The zero-order valence-corrected chi connectivity index (χ0v) is 17.4. The van der Waals surface area contributed by atoms with Crippen LogP contribution in [0.3, 0.4) is 0 Å². The van der Waals surface area contributed by atoms with Crippen molar-refractivity contribution in [2.24, 2.45) is 0 Å². The summed E-state index contributed by atoms with van der Waals surface area (Å²) in [7, 11) is -3.58. The molecule has 1 saturated heterocycles. The highest BCUT2D eigenvalue weighted by molar-refractivity contribution is 7.89. The van der Waals surface area contributed by atoms with Gasteiger partial charge >= 0.3 is 0 Å². The number of anilines is 1. The van der Waals surface area contributed by atoms with E-state index >= 15 is 0 Å². The second-order valence-corrected chi connectivity index (χ2v) is 9.40. The van der Waals surface area contributed by atoms with Crippen LogP contribution in [0.4, 0.5) is 5.69 Å². The second kappa shape index (κ2) is 8.45. The highest BCUT2D eigenvalue weighted by Gasteiger charge is 2.26. The van der Waals surface area contributed by atoms with Crippen molar-refractivity contribution in [3.05, 3.63) is 41.3 Å². The summed E-state index contributed by atoms with van der Waals surface area (Å²) < 4.78 is 32.8. The minimum Gasteiger partial charge on any atom is -0.360 e. The molecule has 8 heteroatoms. The number of nitrogens with zero attached hydrogens (tertiary/aromatic N) is 2. The fourth-order valence-corrected chi connectivity index (χ4v) is 4.98. The maximum atomic E-state index is 13.0. The quantitative estimate of drug-likeness (QED) is 0.814. The first-order valence-corrected chi connectivity index (χ1v) is 11.1. The number of carbonyl (C=O) groups is 1. The minimum absolute atomic E-state index is 0.0108. The van der Waals surface area contributed by atoms with Gasteiger partial charge in [0.05, 0.1) is 10.6 Å². The van der Waals surface area contributed by atoms with E-state index in [4.69, 9.17) is 4.52 Å². The van der Waals surface area contributed by atoms with Gasteiger partial charge in [-0.05, 0) is 38.0 Å². The molecule has 2 heterocycles. The standard InChI is InChI=1S/C20H27N3O4S/c1-14(2)19-18(15(3)22-27-19)20(24)21-16-9-8-10-17(13-16)28(25,26)23-11-6-4-5-7-12-23/h8-10,13-14H,4-7,11-12H2,1-3H3,(H,21,24). The highest BCUT2D eigenvalue weighted by Crippen LogP contribution is 2.25.